The number of fused-ring (bicyclic) bond motifs is 1. The summed E-state index contributed by atoms with van der Waals surface area (Å²) in [4.78, 5) is 2.37. The molecule has 0 bridgehead atoms. The Bertz CT molecular complexity index is 292. The summed E-state index contributed by atoms with van der Waals surface area (Å²) in [7, 11) is 0. The first kappa shape index (κ1) is 8.62. The molecule has 0 aromatic carbocycles. The fourth-order valence-electron chi connectivity index (χ4n) is 1.40. The molecule has 0 amide bonds. The summed E-state index contributed by atoms with van der Waals surface area (Å²) in [5, 5.41) is 0. The van der Waals surface area contributed by atoms with Gasteiger partial charge >= 0.3 is 6.18 Å². The SMILES string of the molecule is FC(F)(F)c1cc2c([nH]1)CCOC2. The molecule has 0 saturated carbocycles. The van der Waals surface area contributed by atoms with E-state index in [1.165, 1.54) is 0 Å². The highest BCUT2D eigenvalue weighted by Crippen LogP contribution is 2.31. The molecule has 1 aromatic heterocycles. The fourth-order valence-corrected chi connectivity index (χ4v) is 1.40. The standard InChI is InChI=1S/C8H8F3NO/c9-8(10,11)7-3-5-4-13-2-1-6(5)12-7/h3,12H,1-2,4H2. The molecule has 1 aliphatic rings. The minimum Gasteiger partial charge on any atom is -0.376 e. The average Bonchev–Trinajstić information content (AvgIpc) is 2.45. The first-order valence-electron chi connectivity index (χ1n) is 3.93. The second-order valence-electron chi connectivity index (χ2n) is 2.99. The molecule has 0 unspecified atom stereocenters. The van der Waals surface area contributed by atoms with Crippen molar-refractivity contribution in [1.82, 2.24) is 4.98 Å². The Hall–Kier alpha value is -0.970. The molecule has 1 N–H and O–H groups in total. The normalized spacial score (nSPS) is 17.2. The highest BCUT2D eigenvalue weighted by molar-refractivity contribution is 5.28. The molecule has 0 spiro atoms. The number of rotatable bonds is 0. The molecule has 0 atom stereocenters. The van der Waals surface area contributed by atoms with Gasteiger partial charge in [-0.15, -0.1) is 0 Å². The van der Waals surface area contributed by atoms with Crippen LogP contribution in [0.3, 0.4) is 0 Å². The maximum atomic E-state index is 12.2. The Labute approximate surface area is 72.7 Å². The van der Waals surface area contributed by atoms with Crippen LogP contribution in [-0.4, -0.2) is 11.6 Å². The second kappa shape index (κ2) is 2.77. The Morgan fingerprint density at radius 2 is 2.15 bits per heavy atom. The number of aromatic nitrogens is 1. The van der Waals surface area contributed by atoms with Gasteiger partial charge in [-0.2, -0.15) is 13.2 Å². The third-order valence-corrected chi connectivity index (χ3v) is 2.05. The lowest BCUT2D eigenvalue weighted by atomic mass is 10.2. The lowest BCUT2D eigenvalue weighted by Gasteiger charge is -2.10. The van der Waals surface area contributed by atoms with E-state index in [4.69, 9.17) is 4.74 Å². The first-order chi connectivity index (χ1) is 6.07. The van der Waals surface area contributed by atoms with E-state index in [-0.39, 0.29) is 6.61 Å². The second-order valence-corrected chi connectivity index (χ2v) is 2.99. The number of hydrogen-bond acceptors (Lipinski definition) is 1. The predicted octanol–water partition coefficient (Wildman–Crippen LogP) is 2.11. The van der Waals surface area contributed by atoms with Crippen LogP contribution in [0, 0.1) is 0 Å². The maximum absolute atomic E-state index is 12.2. The van der Waals surface area contributed by atoms with Crippen LogP contribution in [0.4, 0.5) is 13.2 Å². The molecule has 0 fully saturated rings. The first-order valence-corrected chi connectivity index (χ1v) is 3.93. The lowest BCUT2D eigenvalue weighted by molar-refractivity contribution is -0.140. The van der Waals surface area contributed by atoms with Gasteiger partial charge in [-0.25, -0.2) is 0 Å². The highest BCUT2D eigenvalue weighted by atomic mass is 19.4. The van der Waals surface area contributed by atoms with Crippen LogP contribution in [0.1, 0.15) is 17.0 Å². The summed E-state index contributed by atoms with van der Waals surface area (Å²) in [5.41, 5.74) is 0.597. The van der Waals surface area contributed by atoms with Gasteiger partial charge in [0, 0.05) is 12.1 Å². The third-order valence-electron chi connectivity index (χ3n) is 2.05. The van der Waals surface area contributed by atoms with E-state index in [0.29, 0.717) is 24.3 Å². The van der Waals surface area contributed by atoms with Gasteiger partial charge in [0.05, 0.1) is 13.2 Å². The molecule has 5 heteroatoms. The van der Waals surface area contributed by atoms with Crippen molar-refractivity contribution in [2.24, 2.45) is 0 Å². The zero-order valence-corrected chi connectivity index (χ0v) is 6.74. The largest absolute Gasteiger partial charge is 0.431 e. The average molecular weight is 191 g/mol. The number of alkyl halides is 3. The Kier molecular flexibility index (Phi) is 1.83. The van der Waals surface area contributed by atoms with Gasteiger partial charge in [-0.05, 0) is 11.6 Å². The zero-order chi connectivity index (χ0) is 9.47. The molecular formula is C8H8F3NO. The molecule has 2 rings (SSSR count). The van der Waals surface area contributed by atoms with E-state index in [2.05, 4.69) is 4.98 Å². The number of nitrogens with one attached hydrogen (secondary N) is 1. The fraction of sp³-hybridized carbons (Fsp3) is 0.500. The van der Waals surface area contributed by atoms with Gasteiger partial charge in [0.2, 0.25) is 0 Å². The van der Waals surface area contributed by atoms with E-state index in [9.17, 15) is 13.2 Å². The number of aromatic amines is 1. The molecule has 0 saturated heterocycles. The van der Waals surface area contributed by atoms with E-state index in [1.54, 1.807) is 0 Å². The van der Waals surface area contributed by atoms with Crippen molar-refractivity contribution >= 4 is 0 Å². The quantitative estimate of drug-likeness (QED) is 0.667. The summed E-state index contributed by atoms with van der Waals surface area (Å²) >= 11 is 0. The van der Waals surface area contributed by atoms with E-state index < -0.39 is 11.9 Å². The van der Waals surface area contributed by atoms with Gasteiger partial charge in [0.15, 0.2) is 0 Å². The summed E-state index contributed by atoms with van der Waals surface area (Å²) in [6.07, 6.45) is -3.75. The molecule has 13 heavy (non-hydrogen) atoms. The monoisotopic (exact) mass is 191 g/mol. The predicted molar refractivity (Wildman–Crippen MR) is 39.2 cm³/mol. The molecule has 0 aliphatic carbocycles. The van der Waals surface area contributed by atoms with E-state index >= 15 is 0 Å². The molecular weight excluding hydrogens is 183 g/mol. The minimum atomic E-state index is -4.28. The molecule has 1 aliphatic heterocycles. The van der Waals surface area contributed by atoms with Crippen molar-refractivity contribution in [2.75, 3.05) is 6.61 Å². The summed E-state index contributed by atoms with van der Waals surface area (Å²) < 4.78 is 41.6. The number of H-pyrrole nitrogens is 1. The third kappa shape index (κ3) is 1.56. The summed E-state index contributed by atoms with van der Waals surface area (Å²) in [6, 6.07) is 1.12. The van der Waals surface area contributed by atoms with Gasteiger partial charge in [-0.3, -0.25) is 0 Å². The van der Waals surface area contributed by atoms with Gasteiger partial charge in [0.1, 0.15) is 5.69 Å². The maximum Gasteiger partial charge on any atom is 0.431 e. The molecule has 1 aromatic rings. The zero-order valence-electron chi connectivity index (χ0n) is 6.74. The Morgan fingerprint density at radius 1 is 1.38 bits per heavy atom. The van der Waals surface area contributed by atoms with E-state index in [0.717, 1.165) is 6.07 Å². The lowest BCUT2D eigenvalue weighted by Crippen LogP contribution is -2.08. The van der Waals surface area contributed by atoms with Gasteiger partial charge < -0.3 is 9.72 Å². The Balaban J connectivity index is 2.36. The smallest absolute Gasteiger partial charge is 0.376 e. The topological polar surface area (TPSA) is 25.0 Å². The van der Waals surface area contributed by atoms with Crippen molar-refractivity contribution in [3.63, 3.8) is 0 Å². The van der Waals surface area contributed by atoms with Crippen molar-refractivity contribution in [3.05, 3.63) is 23.0 Å². The van der Waals surface area contributed by atoms with Crippen LogP contribution in [0.15, 0.2) is 6.07 Å². The van der Waals surface area contributed by atoms with Crippen molar-refractivity contribution in [2.45, 2.75) is 19.2 Å². The minimum absolute atomic E-state index is 0.280. The molecule has 2 heterocycles. The molecule has 2 nitrogen and oxygen atoms in total. The van der Waals surface area contributed by atoms with Crippen LogP contribution in [-0.2, 0) is 23.9 Å². The van der Waals surface area contributed by atoms with Crippen molar-refractivity contribution in [3.8, 4) is 0 Å². The number of halogens is 3. The summed E-state index contributed by atoms with van der Waals surface area (Å²) in [6.45, 7) is 0.771. The van der Waals surface area contributed by atoms with Gasteiger partial charge in [0.25, 0.3) is 0 Å². The highest BCUT2D eigenvalue weighted by Gasteiger charge is 2.33. The van der Waals surface area contributed by atoms with Crippen molar-refractivity contribution in [1.29, 1.82) is 0 Å². The van der Waals surface area contributed by atoms with Crippen LogP contribution in [0.5, 0.6) is 0 Å². The summed E-state index contributed by atoms with van der Waals surface area (Å²) in [5.74, 6) is 0. The number of ether oxygens (including phenoxy) is 1. The molecule has 72 valence electrons. The number of hydrogen-bond donors (Lipinski definition) is 1. The van der Waals surface area contributed by atoms with Crippen molar-refractivity contribution < 1.29 is 17.9 Å². The van der Waals surface area contributed by atoms with Crippen LogP contribution >= 0.6 is 0 Å². The molecule has 0 radical (unpaired) electrons. The van der Waals surface area contributed by atoms with Crippen LogP contribution in [0.25, 0.3) is 0 Å². The van der Waals surface area contributed by atoms with Gasteiger partial charge in [-0.1, -0.05) is 0 Å². The van der Waals surface area contributed by atoms with Crippen LogP contribution < -0.4 is 0 Å². The van der Waals surface area contributed by atoms with Crippen LogP contribution in [0.2, 0.25) is 0 Å². The van der Waals surface area contributed by atoms with E-state index in [1.807, 2.05) is 0 Å². The Morgan fingerprint density at radius 3 is 2.77 bits per heavy atom.